The maximum atomic E-state index is 14.0. The zero-order valence-electron chi connectivity index (χ0n) is 16.2. The second kappa shape index (κ2) is 8.87. The molecule has 1 saturated carbocycles. The zero-order chi connectivity index (χ0) is 19.3. The molecule has 5 nitrogen and oxygen atoms in total. The minimum Gasteiger partial charge on any atom is -0.385 e. The minimum absolute atomic E-state index is 0.0697. The summed E-state index contributed by atoms with van der Waals surface area (Å²) in [6.07, 6.45) is 4.25. The molecule has 1 aliphatic heterocycles. The van der Waals surface area contributed by atoms with Crippen LogP contribution in [0.25, 0.3) is 0 Å². The number of para-hydroxylation sites is 1. The lowest BCUT2D eigenvalue weighted by Gasteiger charge is -2.21. The number of ether oxygens (including phenoxy) is 1. The first kappa shape index (κ1) is 19.9. The lowest BCUT2D eigenvalue weighted by atomic mass is 10.0. The summed E-state index contributed by atoms with van der Waals surface area (Å²) >= 11 is 0. The average Bonchev–Trinajstić information content (AvgIpc) is 3.28. The Hall–Kier alpha value is -1.89. The number of aliphatic imine (C=N–C) groups is 1. The first-order valence-corrected chi connectivity index (χ1v) is 9.79. The molecule has 1 aromatic rings. The number of nitrogens with zero attached hydrogens (tertiary/aromatic N) is 2. The fraction of sp³-hybridized carbons (Fsp3) is 0.650. The number of halogens is 2. The van der Waals surface area contributed by atoms with Gasteiger partial charge in [-0.3, -0.25) is 4.99 Å². The van der Waals surface area contributed by atoms with E-state index in [1.54, 1.807) is 12.0 Å². The number of guanidine groups is 1. The van der Waals surface area contributed by atoms with Gasteiger partial charge in [0.1, 0.15) is 17.3 Å². The fourth-order valence-electron chi connectivity index (χ4n) is 3.61. The van der Waals surface area contributed by atoms with E-state index < -0.39 is 11.6 Å². The van der Waals surface area contributed by atoms with Crippen molar-refractivity contribution in [1.82, 2.24) is 10.6 Å². The summed E-state index contributed by atoms with van der Waals surface area (Å²) in [5.41, 5.74) is 0.358. The molecule has 0 aromatic heterocycles. The molecule has 1 aliphatic carbocycles. The number of hydrogen-bond donors (Lipinski definition) is 2. The van der Waals surface area contributed by atoms with Gasteiger partial charge in [0, 0.05) is 45.9 Å². The molecule has 2 fully saturated rings. The van der Waals surface area contributed by atoms with Crippen molar-refractivity contribution >= 4 is 11.6 Å². The summed E-state index contributed by atoms with van der Waals surface area (Å²) in [6, 6.07) is 4.11. The van der Waals surface area contributed by atoms with E-state index in [9.17, 15) is 8.78 Å². The zero-order valence-corrected chi connectivity index (χ0v) is 16.2. The Morgan fingerprint density at radius 1 is 1.33 bits per heavy atom. The van der Waals surface area contributed by atoms with Crippen LogP contribution < -0.4 is 15.5 Å². The van der Waals surface area contributed by atoms with Crippen molar-refractivity contribution in [2.45, 2.75) is 38.6 Å². The van der Waals surface area contributed by atoms with Crippen LogP contribution in [-0.4, -0.2) is 51.9 Å². The molecule has 1 unspecified atom stereocenters. The molecule has 0 bridgehead atoms. The van der Waals surface area contributed by atoms with Gasteiger partial charge in [-0.05, 0) is 50.2 Å². The smallest absolute Gasteiger partial charge is 0.191 e. The molecule has 0 amide bonds. The molecule has 2 aliphatic rings. The van der Waals surface area contributed by atoms with Crippen molar-refractivity contribution in [3.8, 4) is 0 Å². The summed E-state index contributed by atoms with van der Waals surface area (Å²) in [6.45, 7) is 5.53. The van der Waals surface area contributed by atoms with Crippen LogP contribution in [0.2, 0.25) is 0 Å². The van der Waals surface area contributed by atoms with E-state index >= 15 is 0 Å². The Balaban J connectivity index is 1.58. The van der Waals surface area contributed by atoms with Crippen LogP contribution in [0.3, 0.4) is 0 Å². The Bertz CT molecular complexity index is 643. The van der Waals surface area contributed by atoms with Crippen molar-refractivity contribution < 1.29 is 13.5 Å². The van der Waals surface area contributed by atoms with Crippen LogP contribution in [0.4, 0.5) is 14.5 Å². The van der Waals surface area contributed by atoms with E-state index in [4.69, 9.17) is 9.73 Å². The highest BCUT2D eigenvalue weighted by Gasteiger charge is 2.42. The molecule has 0 spiro atoms. The van der Waals surface area contributed by atoms with Gasteiger partial charge in [0.15, 0.2) is 5.96 Å². The monoisotopic (exact) mass is 380 g/mol. The van der Waals surface area contributed by atoms with Gasteiger partial charge >= 0.3 is 0 Å². The molecule has 150 valence electrons. The molecule has 1 atom stereocenters. The predicted octanol–water partition coefficient (Wildman–Crippen LogP) is 2.92. The SMILES string of the molecule is CCNC(=NCC1(CCOC)CC1)NC1CCN(c2c(F)cccc2F)C1. The maximum absolute atomic E-state index is 14.0. The van der Waals surface area contributed by atoms with Crippen molar-refractivity contribution in [2.75, 3.05) is 44.8 Å². The lowest BCUT2D eigenvalue weighted by molar-refractivity contribution is 0.174. The molecule has 2 N–H and O–H groups in total. The molecule has 1 aromatic carbocycles. The van der Waals surface area contributed by atoms with Crippen LogP contribution in [-0.2, 0) is 4.74 Å². The predicted molar refractivity (Wildman–Crippen MR) is 104 cm³/mol. The molecular formula is C20H30F2N4O. The number of benzene rings is 1. The van der Waals surface area contributed by atoms with Crippen LogP contribution in [0, 0.1) is 17.0 Å². The molecule has 1 saturated heterocycles. The average molecular weight is 380 g/mol. The maximum Gasteiger partial charge on any atom is 0.191 e. The van der Waals surface area contributed by atoms with Crippen LogP contribution in [0.5, 0.6) is 0 Å². The lowest BCUT2D eigenvalue weighted by Crippen LogP contribution is -2.45. The van der Waals surface area contributed by atoms with Crippen molar-refractivity contribution in [2.24, 2.45) is 10.4 Å². The molecule has 27 heavy (non-hydrogen) atoms. The second-order valence-corrected chi connectivity index (χ2v) is 7.58. The Labute approximate surface area is 160 Å². The second-order valence-electron chi connectivity index (χ2n) is 7.58. The number of nitrogens with one attached hydrogen (secondary N) is 2. The topological polar surface area (TPSA) is 48.9 Å². The molecular weight excluding hydrogens is 350 g/mol. The quantitative estimate of drug-likeness (QED) is 0.538. The summed E-state index contributed by atoms with van der Waals surface area (Å²) in [5, 5.41) is 6.72. The van der Waals surface area contributed by atoms with Gasteiger partial charge in [-0.1, -0.05) is 6.07 Å². The summed E-state index contributed by atoms with van der Waals surface area (Å²) in [4.78, 5) is 6.54. The van der Waals surface area contributed by atoms with Gasteiger partial charge in [-0.2, -0.15) is 0 Å². The van der Waals surface area contributed by atoms with Gasteiger partial charge < -0.3 is 20.3 Å². The largest absolute Gasteiger partial charge is 0.385 e. The minimum atomic E-state index is -0.509. The van der Waals surface area contributed by atoms with E-state index in [-0.39, 0.29) is 17.1 Å². The summed E-state index contributed by atoms with van der Waals surface area (Å²) in [5.74, 6) is -0.239. The standard InChI is InChI=1S/C20H30F2N4O/c1-3-23-19(24-14-20(8-9-20)10-12-27-2)25-15-7-11-26(13-15)18-16(21)5-4-6-17(18)22/h4-6,15H,3,7-14H2,1-2H3,(H2,23,24,25). The summed E-state index contributed by atoms with van der Waals surface area (Å²) in [7, 11) is 1.73. The van der Waals surface area contributed by atoms with Crippen LogP contribution in [0.15, 0.2) is 23.2 Å². The van der Waals surface area contributed by atoms with E-state index in [0.29, 0.717) is 13.1 Å². The molecule has 3 rings (SSSR count). The van der Waals surface area contributed by atoms with Gasteiger partial charge in [0.25, 0.3) is 0 Å². The van der Waals surface area contributed by atoms with Crippen molar-refractivity contribution in [1.29, 1.82) is 0 Å². The van der Waals surface area contributed by atoms with Gasteiger partial charge in [0.05, 0.1) is 0 Å². The first-order chi connectivity index (χ1) is 13.1. The number of anilines is 1. The van der Waals surface area contributed by atoms with Crippen molar-refractivity contribution in [3.63, 3.8) is 0 Å². The third kappa shape index (κ3) is 5.09. The molecule has 7 heteroatoms. The molecule has 0 radical (unpaired) electrons. The van der Waals surface area contributed by atoms with Gasteiger partial charge in [0.2, 0.25) is 0 Å². The number of hydrogen-bond acceptors (Lipinski definition) is 3. The number of rotatable bonds is 8. The van der Waals surface area contributed by atoms with Crippen molar-refractivity contribution in [3.05, 3.63) is 29.8 Å². The summed E-state index contributed by atoms with van der Waals surface area (Å²) < 4.78 is 33.3. The van der Waals surface area contributed by atoms with E-state index in [2.05, 4.69) is 10.6 Å². The molecule has 1 heterocycles. The third-order valence-electron chi connectivity index (χ3n) is 5.49. The Morgan fingerprint density at radius 3 is 2.70 bits per heavy atom. The van der Waals surface area contributed by atoms with Gasteiger partial charge in [-0.25, -0.2) is 8.78 Å². The van der Waals surface area contributed by atoms with E-state index in [0.717, 1.165) is 38.5 Å². The first-order valence-electron chi connectivity index (χ1n) is 9.79. The van der Waals surface area contributed by atoms with E-state index in [1.807, 2.05) is 6.92 Å². The number of methoxy groups -OCH3 is 1. The highest BCUT2D eigenvalue weighted by molar-refractivity contribution is 5.80. The Morgan fingerprint density at radius 2 is 2.07 bits per heavy atom. The Kier molecular flexibility index (Phi) is 6.52. The van der Waals surface area contributed by atoms with Gasteiger partial charge in [-0.15, -0.1) is 0 Å². The fourth-order valence-corrected chi connectivity index (χ4v) is 3.61. The highest BCUT2D eigenvalue weighted by Crippen LogP contribution is 2.48. The van der Waals surface area contributed by atoms with E-state index in [1.165, 1.54) is 31.0 Å². The van der Waals surface area contributed by atoms with Crippen LogP contribution >= 0.6 is 0 Å². The van der Waals surface area contributed by atoms with Crippen LogP contribution in [0.1, 0.15) is 32.6 Å². The third-order valence-corrected chi connectivity index (χ3v) is 5.49. The highest BCUT2D eigenvalue weighted by atomic mass is 19.1. The normalized spacial score (nSPS) is 21.4.